The van der Waals surface area contributed by atoms with Crippen molar-refractivity contribution in [2.24, 2.45) is 0 Å². The summed E-state index contributed by atoms with van der Waals surface area (Å²) in [5.41, 5.74) is 1.64. The predicted octanol–water partition coefficient (Wildman–Crippen LogP) is 3.53. The highest BCUT2D eigenvalue weighted by Crippen LogP contribution is 2.35. The van der Waals surface area contributed by atoms with E-state index in [1.807, 2.05) is 25.1 Å². The fourth-order valence-corrected chi connectivity index (χ4v) is 6.01. The largest absolute Gasteiger partial charge is 0.391 e. The Morgan fingerprint density at radius 3 is 2.57 bits per heavy atom. The normalized spacial score (nSPS) is 11.6. The number of aliphatic hydroxyl groups is 1. The molecule has 2 rings (SSSR count). The highest BCUT2D eigenvalue weighted by Gasteiger charge is 2.27. The monoisotopic (exact) mass is 389 g/mol. The third-order valence-electron chi connectivity index (χ3n) is 3.01. The van der Waals surface area contributed by atoms with E-state index < -0.39 is 10.0 Å². The number of rotatable bonds is 5. The van der Waals surface area contributed by atoms with E-state index in [-0.39, 0.29) is 11.5 Å². The van der Waals surface area contributed by atoms with Gasteiger partial charge >= 0.3 is 0 Å². The van der Waals surface area contributed by atoms with Gasteiger partial charge in [0.05, 0.1) is 16.1 Å². The second-order valence-electron chi connectivity index (χ2n) is 4.52. The maximum Gasteiger partial charge on any atom is 0.266 e. The van der Waals surface area contributed by atoms with Gasteiger partial charge in [0.15, 0.2) is 0 Å². The second-order valence-corrected chi connectivity index (χ2v) is 8.80. The number of hydrogen-bond acceptors (Lipinski definition) is 4. The van der Waals surface area contributed by atoms with Gasteiger partial charge < -0.3 is 5.11 Å². The van der Waals surface area contributed by atoms with Gasteiger partial charge in [-0.3, -0.25) is 4.31 Å². The Morgan fingerprint density at radius 1 is 1.33 bits per heavy atom. The van der Waals surface area contributed by atoms with Crippen LogP contribution in [-0.4, -0.2) is 20.1 Å². The molecular formula is C14H16BrNO3S2. The summed E-state index contributed by atoms with van der Waals surface area (Å²) in [5, 5.41) is 9.17. The average molecular weight is 390 g/mol. The molecule has 0 saturated carbocycles. The molecule has 4 nitrogen and oxygen atoms in total. The summed E-state index contributed by atoms with van der Waals surface area (Å²) >= 11 is 4.51. The van der Waals surface area contributed by atoms with Gasteiger partial charge in [-0.25, -0.2) is 8.42 Å². The van der Waals surface area contributed by atoms with Gasteiger partial charge in [-0.15, -0.1) is 11.3 Å². The first kappa shape index (κ1) is 16.5. The number of aryl methyl sites for hydroxylation is 1. The van der Waals surface area contributed by atoms with Crippen molar-refractivity contribution < 1.29 is 13.5 Å². The third kappa shape index (κ3) is 3.31. The van der Waals surface area contributed by atoms with Crippen LogP contribution < -0.4 is 4.31 Å². The summed E-state index contributed by atoms with van der Waals surface area (Å²) in [6.07, 6.45) is 0. The maximum absolute atomic E-state index is 12.8. The lowest BCUT2D eigenvalue weighted by Gasteiger charge is -2.23. The first-order chi connectivity index (χ1) is 9.90. The molecule has 0 bridgehead atoms. The Kier molecular flexibility index (Phi) is 5.08. The molecule has 0 aliphatic carbocycles. The third-order valence-corrected chi connectivity index (χ3v) is 7.15. The van der Waals surface area contributed by atoms with E-state index in [0.717, 1.165) is 5.56 Å². The minimum atomic E-state index is -3.66. The summed E-state index contributed by atoms with van der Waals surface area (Å²) in [6.45, 7) is 3.89. The molecule has 0 fully saturated rings. The highest BCUT2D eigenvalue weighted by molar-refractivity contribution is 9.11. The van der Waals surface area contributed by atoms with Crippen LogP contribution in [0.5, 0.6) is 0 Å². The van der Waals surface area contributed by atoms with Crippen molar-refractivity contribution in [3.8, 4) is 0 Å². The van der Waals surface area contributed by atoms with E-state index in [9.17, 15) is 13.5 Å². The molecule has 7 heteroatoms. The summed E-state index contributed by atoms with van der Waals surface area (Å²) in [4.78, 5) is 0.806. The lowest BCUT2D eigenvalue weighted by atomic mass is 10.2. The van der Waals surface area contributed by atoms with Crippen LogP contribution >= 0.6 is 27.3 Å². The molecule has 0 radical (unpaired) electrons. The van der Waals surface area contributed by atoms with Crippen LogP contribution in [0.2, 0.25) is 0 Å². The second kappa shape index (κ2) is 6.48. The van der Waals surface area contributed by atoms with E-state index in [4.69, 9.17) is 0 Å². The predicted molar refractivity (Wildman–Crippen MR) is 89.3 cm³/mol. The molecule has 0 atom stereocenters. The van der Waals surface area contributed by atoms with Gasteiger partial charge in [-0.05, 0) is 53.5 Å². The molecule has 0 saturated heterocycles. The molecule has 1 aromatic carbocycles. The van der Waals surface area contributed by atoms with Crippen LogP contribution in [0.1, 0.15) is 17.4 Å². The molecule has 0 aliphatic rings. The first-order valence-corrected chi connectivity index (χ1v) is 9.43. The van der Waals surface area contributed by atoms with Crippen molar-refractivity contribution in [3.05, 3.63) is 44.6 Å². The average Bonchev–Trinajstić information content (AvgIpc) is 2.81. The molecule has 1 N–H and O–H groups in total. The van der Waals surface area contributed by atoms with Crippen LogP contribution in [0.15, 0.2) is 39.0 Å². The molecule has 114 valence electrons. The smallest absolute Gasteiger partial charge is 0.266 e. The van der Waals surface area contributed by atoms with Gasteiger partial charge in [0.1, 0.15) is 4.90 Å². The van der Waals surface area contributed by atoms with Crippen LogP contribution in [0.25, 0.3) is 0 Å². The summed E-state index contributed by atoms with van der Waals surface area (Å²) in [7, 11) is -3.66. The Morgan fingerprint density at radius 2 is 2.05 bits per heavy atom. The van der Waals surface area contributed by atoms with Crippen LogP contribution in [0, 0.1) is 6.92 Å². The molecule has 0 aliphatic heterocycles. The standard InChI is InChI=1S/C14H16BrNO3S2/c1-3-16(11-6-4-5-10(2)7-11)21(18,19)13-8-12(9-17)20-14(13)15/h4-8,17H,3,9H2,1-2H3. The van der Waals surface area contributed by atoms with E-state index in [2.05, 4.69) is 15.9 Å². The Bertz CT molecular complexity index is 740. The number of thiophene rings is 1. The SMILES string of the molecule is CCN(c1cccc(C)c1)S(=O)(=O)c1cc(CO)sc1Br. The van der Waals surface area contributed by atoms with Gasteiger partial charge in [0, 0.05) is 11.4 Å². The Labute approximate surface area is 137 Å². The van der Waals surface area contributed by atoms with Crippen molar-refractivity contribution in [2.75, 3.05) is 10.8 Å². The van der Waals surface area contributed by atoms with E-state index in [1.165, 1.54) is 21.7 Å². The fraction of sp³-hybridized carbons (Fsp3) is 0.286. The van der Waals surface area contributed by atoms with Crippen molar-refractivity contribution in [3.63, 3.8) is 0 Å². The van der Waals surface area contributed by atoms with Crippen molar-refractivity contribution in [1.29, 1.82) is 0 Å². The highest BCUT2D eigenvalue weighted by atomic mass is 79.9. The first-order valence-electron chi connectivity index (χ1n) is 6.38. The molecule has 1 aromatic heterocycles. The van der Waals surface area contributed by atoms with Crippen molar-refractivity contribution in [1.82, 2.24) is 0 Å². The lowest BCUT2D eigenvalue weighted by molar-refractivity contribution is 0.285. The van der Waals surface area contributed by atoms with Gasteiger partial charge in [0.25, 0.3) is 10.0 Å². The van der Waals surface area contributed by atoms with Crippen LogP contribution in [-0.2, 0) is 16.6 Å². The Balaban J connectivity index is 2.51. The number of halogens is 1. The molecule has 0 amide bonds. The van der Waals surface area contributed by atoms with Crippen LogP contribution in [0.3, 0.4) is 0 Å². The quantitative estimate of drug-likeness (QED) is 0.850. The zero-order chi connectivity index (χ0) is 15.6. The zero-order valence-corrected chi connectivity index (χ0v) is 14.9. The molecule has 1 heterocycles. The summed E-state index contributed by atoms with van der Waals surface area (Å²) < 4.78 is 27.6. The molecular weight excluding hydrogens is 374 g/mol. The van der Waals surface area contributed by atoms with E-state index >= 15 is 0 Å². The van der Waals surface area contributed by atoms with Gasteiger partial charge in [-0.1, -0.05) is 12.1 Å². The molecule has 0 unspecified atom stereocenters. The summed E-state index contributed by atoms with van der Waals surface area (Å²) in [6, 6.07) is 8.90. The molecule has 2 aromatic rings. The number of hydrogen-bond donors (Lipinski definition) is 1. The lowest BCUT2D eigenvalue weighted by Crippen LogP contribution is -2.30. The number of sulfonamides is 1. The topological polar surface area (TPSA) is 57.6 Å². The van der Waals surface area contributed by atoms with Crippen molar-refractivity contribution in [2.45, 2.75) is 25.3 Å². The number of nitrogens with zero attached hydrogens (tertiary/aromatic N) is 1. The van der Waals surface area contributed by atoms with Gasteiger partial charge in [-0.2, -0.15) is 0 Å². The maximum atomic E-state index is 12.8. The fourth-order valence-electron chi connectivity index (χ4n) is 2.04. The van der Waals surface area contributed by atoms with Crippen molar-refractivity contribution >= 4 is 43.0 Å². The Hall–Kier alpha value is -0.890. The minimum absolute atomic E-state index is 0.171. The van der Waals surface area contributed by atoms with E-state index in [0.29, 0.717) is 20.9 Å². The zero-order valence-electron chi connectivity index (χ0n) is 11.7. The molecule has 0 spiro atoms. The summed E-state index contributed by atoms with van der Waals surface area (Å²) in [5.74, 6) is 0. The molecule has 21 heavy (non-hydrogen) atoms. The number of benzene rings is 1. The van der Waals surface area contributed by atoms with E-state index in [1.54, 1.807) is 13.0 Å². The number of aliphatic hydroxyl groups excluding tert-OH is 1. The van der Waals surface area contributed by atoms with Crippen LogP contribution in [0.4, 0.5) is 5.69 Å². The van der Waals surface area contributed by atoms with Gasteiger partial charge in [0.2, 0.25) is 0 Å². The minimum Gasteiger partial charge on any atom is -0.391 e. The number of anilines is 1.